The summed E-state index contributed by atoms with van der Waals surface area (Å²) in [6, 6.07) is 5.02. The summed E-state index contributed by atoms with van der Waals surface area (Å²) >= 11 is 0. The van der Waals surface area contributed by atoms with Crippen LogP contribution in [0.1, 0.15) is 47.5 Å². The maximum atomic E-state index is 13.0. The van der Waals surface area contributed by atoms with Gasteiger partial charge >= 0.3 is 12.1 Å². The molecule has 0 unspecified atom stereocenters. The summed E-state index contributed by atoms with van der Waals surface area (Å²) in [5.74, 6) is -1.29. The summed E-state index contributed by atoms with van der Waals surface area (Å²) in [6.45, 7) is 8.31. The molecule has 1 atom stereocenters. The van der Waals surface area contributed by atoms with Crippen molar-refractivity contribution in [2.45, 2.75) is 69.5 Å². The average Bonchev–Trinajstić information content (AvgIpc) is 3.15. The van der Waals surface area contributed by atoms with E-state index in [4.69, 9.17) is 4.74 Å². The van der Waals surface area contributed by atoms with Gasteiger partial charge in [0.1, 0.15) is 22.1 Å². The van der Waals surface area contributed by atoms with Crippen molar-refractivity contribution in [1.29, 1.82) is 0 Å². The Morgan fingerprint density at radius 3 is 2.31 bits per heavy atom. The second-order valence-corrected chi connectivity index (χ2v) is 10.7. The van der Waals surface area contributed by atoms with Crippen molar-refractivity contribution in [1.82, 2.24) is 9.62 Å². The summed E-state index contributed by atoms with van der Waals surface area (Å²) in [4.78, 5) is 38.5. The molecule has 0 aliphatic carbocycles. The van der Waals surface area contributed by atoms with Crippen LogP contribution >= 0.6 is 0 Å². The first kappa shape index (κ1) is 25.6. The lowest BCUT2D eigenvalue weighted by Gasteiger charge is -2.28. The molecule has 1 aromatic carbocycles. The summed E-state index contributed by atoms with van der Waals surface area (Å²) < 4.78 is 38.2. The van der Waals surface area contributed by atoms with Crippen molar-refractivity contribution in [2.24, 2.45) is 0 Å². The van der Waals surface area contributed by atoms with E-state index in [1.54, 1.807) is 26.8 Å². The third kappa shape index (κ3) is 6.19. The van der Waals surface area contributed by atoms with Crippen molar-refractivity contribution in [3.8, 4) is 0 Å². The second-order valence-electron chi connectivity index (χ2n) is 9.04. The zero-order valence-electron chi connectivity index (χ0n) is 19.2. The molecule has 0 bridgehead atoms. The fourth-order valence-electron chi connectivity index (χ4n) is 3.29. The summed E-state index contributed by atoms with van der Waals surface area (Å²) in [5, 5.41) is 2.61. The van der Waals surface area contributed by atoms with Gasteiger partial charge in [0.05, 0.1) is 12.8 Å². The van der Waals surface area contributed by atoms with E-state index in [2.05, 4.69) is 14.8 Å². The Hall–Kier alpha value is -2.66. The molecular formula is C21H31N3O7S. The third-order valence-corrected chi connectivity index (χ3v) is 6.42. The van der Waals surface area contributed by atoms with Crippen molar-refractivity contribution in [2.75, 3.05) is 19.0 Å². The molecule has 2 amide bonds. The number of esters is 1. The Kier molecular flexibility index (Phi) is 7.56. The van der Waals surface area contributed by atoms with Gasteiger partial charge in [-0.25, -0.2) is 13.2 Å². The van der Waals surface area contributed by atoms with Crippen LogP contribution in [0.3, 0.4) is 0 Å². The van der Waals surface area contributed by atoms with E-state index in [1.807, 2.05) is 0 Å². The van der Waals surface area contributed by atoms with Crippen molar-refractivity contribution in [3.63, 3.8) is 0 Å². The molecule has 1 aliphatic rings. The molecule has 0 aromatic heterocycles. The molecule has 2 N–H and O–H groups in total. The van der Waals surface area contributed by atoms with E-state index in [0.717, 1.165) is 7.11 Å². The van der Waals surface area contributed by atoms with Gasteiger partial charge < -0.3 is 14.8 Å². The summed E-state index contributed by atoms with van der Waals surface area (Å²) in [7, 11) is -3.04. The smallest absolute Gasteiger partial charge is 0.410 e. The molecule has 1 aromatic rings. The molecule has 0 radical (unpaired) electrons. The predicted octanol–water partition coefficient (Wildman–Crippen LogP) is 2.25. The number of carbonyl (C=O) groups excluding carboxylic acids is 3. The topological polar surface area (TPSA) is 131 Å². The fraction of sp³-hybridized carbons (Fsp3) is 0.571. The first-order chi connectivity index (χ1) is 14.7. The van der Waals surface area contributed by atoms with E-state index in [0.29, 0.717) is 19.4 Å². The van der Waals surface area contributed by atoms with Gasteiger partial charge in [-0.1, -0.05) is 12.1 Å². The Bertz CT molecular complexity index is 983. The number of nitrogens with zero attached hydrogens (tertiary/aromatic N) is 1. The molecule has 1 heterocycles. The normalized spacial score (nSPS) is 17.1. The quantitative estimate of drug-likeness (QED) is 0.611. The summed E-state index contributed by atoms with van der Waals surface area (Å²) in [6.07, 6.45) is 0.442. The van der Waals surface area contributed by atoms with Crippen molar-refractivity contribution >= 4 is 33.7 Å². The van der Waals surface area contributed by atoms with Gasteiger partial charge in [0.2, 0.25) is 15.9 Å². The van der Waals surface area contributed by atoms with E-state index < -0.39 is 45.2 Å². The van der Waals surface area contributed by atoms with Crippen LogP contribution in [0.25, 0.3) is 0 Å². The van der Waals surface area contributed by atoms with Crippen molar-refractivity contribution < 1.29 is 32.3 Å². The minimum absolute atomic E-state index is 0.0294. The second kappa shape index (κ2) is 9.45. The molecule has 0 spiro atoms. The van der Waals surface area contributed by atoms with Crippen LogP contribution in [0.2, 0.25) is 0 Å². The molecule has 11 heteroatoms. The molecular weight excluding hydrogens is 438 g/mol. The number of rotatable bonds is 6. The molecule has 32 heavy (non-hydrogen) atoms. The minimum atomic E-state index is -4.20. The van der Waals surface area contributed by atoms with E-state index in [-0.39, 0.29) is 10.6 Å². The Balaban J connectivity index is 2.25. The SMILES string of the molecule is COC(=O)C(C)(C)NS(=O)(=O)c1ccccc1NC(=O)[C@@H]1CCCN1C(=O)OC(C)(C)C. The van der Waals surface area contributed by atoms with Crippen molar-refractivity contribution in [3.05, 3.63) is 24.3 Å². The van der Waals surface area contributed by atoms with Crippen LogP contribution in [0.5, 0.6) is 0 Å². The lowest BCUT2D eigenvalue weighted by atomic mass is 10.1. The number of hydrogen-bond acceptors (Lipinski definition) is 7. The number of carbonyl (C=O) groups is 3. The Morgan fingerprint density at radius 1 is 1.09 bits per heavy atom. The zero-order chi connectivity index (χ0) is 24.3. The lowest BCUT2D eigenvalue weighted by Crippen LogP contribution is -2.50. The third-order valence-electron chi connectivity index (χ3n) is 4.70. The van der Waals surface area contributed by atoms with E-state index in [9.17, 15) is 22.8 Å². The van der Waals surface area contributed by atoms with E-state index in [1.165, 1.54) is 36.9 Å². The first-order valence-electron chi connectivity index (χ1n) is 10.2. The number of benzene rings is 1. The molecule has 10 nitrogen and oxygen atoms in total. The summed E-state index contributed by atoms with van der Waals surface area (Å²) in [5.41, 5.74) is -2.20. The van der Waals surface area contributed by atoms with Crippen LogP contribution in [0.4, 0.5) is 10.5 Å². The Labute approximate surface area is 188 Å². The number of hydrogen-bond donors (Lipinski definition) is 2. The maximum absolute atomic E-state index is 13.0. The van der Waals surface area contributed by atoms with Gasteiger partial charge in [-0.15, -0.1) is 0 Å². The monoisotopic (exact) mass is 469 g/mol. The number of methoxy groups -OCH3 is 1. The number of para-hydroxylation sites is 1. The van der Waals surface area contributed by atoms with Gasteiger partial charge in [-0.2, -0.15) is 4.72 Å². The molecule has 1 aliphatic heterocycles. The van der Waals surface area contributed by atoms with Crippen LogP contribution in [-0.2, 0) is 29.1 Å². The first-order valence-corrected chi connectivity index (χ1v) is 11.7. The van der Waals surface area contributed by atoms with Crippen LogP contribution in [0.15, 0.2) is 29.2 Å². The highest BCUT2D eigenvalue weighted by Crippen LogP contribution is 2.26. The van der Waals surface area contributed by atoms with Crippen LogP contribution in [-0.4, -0.2) is 62.1 Å². The van der Waals surface area contributed by atoms with Crippen LogP contribution < -0.4 is 10.0 Å². The molecule has 1 saturated heterocycles. The van der Waals surface area contributed by atoms with Gasteiger partial charge in [0.15, 0.2) is 0 Å². The number of sulfonamides is 1. The molecule has 2 rings (SSSR count). The standard InChI is InChI=1S/C21H31N3O7S/c1-20(2,3)31-19(27)24-13-9-11-15(24)17(25)22-14-10-7-8-12-16(14)32(28,29)23-21(4,5)18(26)30-6/h7-8,10,12,15,23H,9,11,13H2,1-6H3,(H,22,25)/t15-/m0/s1. The molecule has 178 valence electrons. The molecule has 0 saturated carbocycles. The van der Waals surface area contributed by atoms with E-state index >= 15 is 0 Å². The number of ether oxygens (including phenoxy) is 2. The largest absolute Gasteiger partial charge is 0.468 e. The number of likely N-dealkylation sites (tertiary alicyclic amines) is 1. The van der Waals surface area contributed by atoms with Gasteiger partial charge in [-0.3, -0.25) is 14.5 Å². The predicted molar refractivity (Wildman–Crippen MR) is 117 cm³/mol. The fourth-order valence-corrected chi connectivity index (χ4v) is 4.82. The van der Waals surface area contributed by atoms with Gasteiger partial charge in [0.25, 0.3) is 0 Å². The number of amides is 2. The van der Waals surface area contributed by atoms with Crippen LogP contribution in [0, 0.1) is 0 Å². The van der Waals surface area contributed by atoms with Gasteiger partial charge in [0, 0.05) is 6.54 Å². The number of nitrogens with one attached hydrogen (secondary N) is 2. The average molecular weight is 470 g/mol. The van der Waals surface area contributed by atoms with Gasteiger partial charge in [-0.05, 0) is 59.6 Å². The highest BCUT2D eigenvalue weighted by Gasteiger charge is 2.38. The lowest BCUT2D eigenvalue weighted by molar-refractivity contribution is -0.146. The number of anilines is 1. The molecule has 1 fully saturated rings. The Morgan fingerprint density at radius 2 is 1.72 bits per heavy atom. The minimum Gasteiger partial charge on any atom is -0.468 e. The maximum Gasteiger partial charge on any atom is 0.410 e. The zero-order valence-corrected chi connectivity index (χ0v) is 20.0. The highest BCUT2D eigenvalue weighted by atomic mass is 32.2. The highest BCUT2D eigenvalue weighted by molar-refractivity contribution is 7.89.